The molecule has 108 valence electrons. The fourth-order valence-corrected chi connectivity index (χ4v) is 2.36. The van der Waals surface area contributed by atoms with Crippen molar-refractivity contribution in [1.82, 2.24) is 9.55 Å². The van der Waals surface area contributed by atoms with E-state index < -0.39 is 17.5 Å². The molecule has 3 nitrogen and oxygen atoms in total. The number of nitrogen functional groups attached to an aromatic ring is 1. The molecule has 1 aromatic heterocycles. The van der Waals surface area contributed by atoms with Gasteiger partial charge in [-0.1, -0.05) is 17.7 Å². The lowest BCUT2D eigenvalue weighted by Crippen LogP contribution is -2.06. The van der Waals surface area contributed by atoms with Crippen LogP contribution in [0.2, 0.25) is 5.02 Å². The summed E-state index contributed by atoms with van der Waals surface area (Å²) in [5, 5.41) is -0.0536. The predicted molar refractivity (Wildman–Crippen MR) is 74.6 cm³/mol. The van der Waals surface area contributed by atoms with Crippen LogP contribution in [0, 0.1) is 17.5 Å². The number of rotatable bonds is 2. The summed E-state index contributed by atoms with van der Waals surface area (Å²) in [6, 6.07) is 6.43. The minimum Gasteiger partial charge on any atom is -0.369 e. The lowest BCUT2D eigenvalue weighted by molar-refractivity contribution is 0.512. The molecule has 0 saturated carbocycles. The maximum absolute atomic E-state index is 13.9. The van der Waals surface area contributed by atoms with Crippen LogP contribution in [-0.4, -0.2) is 9.55 Å². The van der Waals surface area contributed by atoms with Gasteiger partial charge in [-0.05, 0) is 29.8 Å². The first-order valence-electron chi connectivity index (χ1n) is 6.01. The minimum absolute atomic E-state index is 0.0343. The molecular weight excluding hydrogens is 303 g/mol. The molecule has 0 spiro atoms. The van der Waals surface area contributed by atoms with Gasteiger partial charge in [-0.3, -0.25) is 0 Å². The number of halogens is 4. The second-order valence-corrected chi connectivity index (χ2v) is 4.94. The molecule has 0 aliphatic carbocycles. The molecule has 0 aliphatic rings. The first kappa shape index (κ1) is 13.8. The lowest BCUT2D eigenvalue weighted by Gasteiger charge is -2.08. The van der Waals surface area contributed by atoms with Crippen molar-refractivity contribution in [3.63, 3.8) is 0 Å². The average molecular weight is 312 g/mol. The summed E-state index contributed by atoms with van der Waals surface area (Å²) in [4.78, 5) is 3.98. The largest absolute Gasteiger partial charge is 0.369 e. The molecule has 21 heavy (non-hydrogen) atoms. The van der Waals surface area contributed by atoms with E-state index in [1.807, 2.05) is 0 Å². The van der Waals surface area contributed by atoms with Crippen LogP contribution in [-0.2, 0) is 6.54 Å². The van der Waals surface area contributed by atoms with Gasteiger partial charge in [-0.15, -0.1) is 0 Å². The molecule has 3 aromatic rings. The third kappa shape index (κ3) is 2.31. The standard InChI is InChI=1S/C14H9ClF3N3/c15-8-5-7(1-2-9(8)16)6-21-13-11(20-14(21)19)4-3-10(17)12(13)18/h1-5H,6H2,(H2,19,20). The molecule has 0 atom stereocenters. The summed E-state index contributed by atoms with van der Waals surface area (Å²) in [5.74, 6) is -2.53. The highest BCUT2D eigenvalue weighted by Gasteiger charge is 2.16. The van der Waals surface area contributed by atoms with Crippen molar-refractivity contribution < 1.29 is 13.2 Å². The van der Waals surface area contributed by atoms with Crippen LogP contribution in [0.3, 0.4) is 0 Å². The van der Waals surface area contributed by atoms with Gasteiger partial charge in [0.2, 0.25) is 5.95 Å². The zero-order valence-corrected chi connectivity index (χ0v) is 11.3. The number of imidazole rings is 1. The molecule has 3 rings (SSSR count). The van der Waals surface area contributed by atoms with E-state index in [4.69, 9.17) is 17.3 Å². The Bertz CT molecular complexity index is 845. The highest BCUT2D eigenvalue weighted by Crippen LogP contribution is 2.25. The summed E-state index contributed by atoms with van der Waals surface area (Å²) < 4.78 is 41.8. The van der Waals surface area contributed by atoms with E-state index in [-0.39, 0.29) is 28.5 Å². The molecule has 0 fully saturated rings. The molecule has 0 unspecified atom stereocenters. The van der Waals surface area contributed by atoms with Crippen molar-refractivity contribution in [2.75, 3.05) is 5.73 Å². The molecule has 1 heterocycles. The Morgan fingerprint density at radius 1 is 1.10 bits per heavy atom. The van der Waals surface area contributed by atoms with Crippen molar-refractivity contribution in [3.8, 4) is 0 Å². The number of nitrogens with zero attached hydrogens (tertiary/aromatic N) is 2. The van der Waals surface area contributed by atoms with Gasteiger partial charge in [-0.2, -0.15) is 0 Å². The fraction of sp³-hybridized carbons (Fsp3) is 0.0714. The molecular formula is C14H9ClF3N3. The van der Waals surface area contributed by atoms with Gasteiger partial charge >= 0.3 is 0 Å². The van der Waals surface area contributed by atoms with Gasteiger partial charge in [0.1, 0.15) is 11.3 Å². The van der Waals surface area contributed by atoms with E-state index in [2.05, 4.69) is 4.98 Å². The molecule has 0 bridgehead atoms. The number of nitrogens with two attached hydrogens (primary N) is 1. The van der Waals surface area contributed by atoms with E-state index in [0.717, 1.165) is 6.07 Å². The topological polar surface area (TPSA) is 43.8 Å². The first-order chi connectivity index (χ1) is 9.97. The van der Waals surface area contributed by atoms with Gasteiger partial charge in [0, 0.05) is 0 Å². The van der Waals surface area contributed by atoms with Crippen LogP contribution < -0.4 is 5.73 Å². The Labute approximate surface area is 122 Å². The number of benzene rings is 2. The minimum atomic E-state index is -1.02. The Morgan fingerprint density at radius 3 is 2.52 bits per heavy atom. The number of anilines is 1. The van der Waals surface area contributed by atoms with Gasteiger partial charge in [-0.25, -0.2) is 18.2 Å². The van der Waals surface area contributed by atoms with Crippen LogP contribution in [0.1, 0.15) is 5.56 Å². The quantitative estimate of drug-likeness (QED) is 0.783. The molecule has 0 saturated heterocycles. The van der Waals surface area contributed by atoms with Crippen molar-refractivity contribution in [2.45, 2.75) is 6.54 Å². The van der Waals surface area contributed by atoms with E-state index in [9.17, 15) is 13.2 Å². The molecule has 2 N–H and O–H groups in total. The number of aromatic nitrogens is 2. The van der Waals surface area contributed by atoms with Gasteiger partial charge in [0.15, 0.2) is 11.6 Å². The van der Waals surface area contributed by atoms with E-state index >= 15 is 0 Å². The predicted octanol–water partition coefficient (Wildman–Crippen LogP) is 3.74. The van der Waals surface area contributed by atoms with Crippen LogP contribution in [0.25, 0.3) is 11.0 Å². The van der Waals surface area contributed by atoms with E-state index in [1.54, 1.807) is 0 Å². The summed E-state index contributed by atoms with van der Waals surface area (Å²) in [6.45, 7) is 0.0999. The summed E-state index contributed by atoms with van der Waals surface area (Å²) in [6.07, 6.45) is 0. The van der Waals surface area contributed by atoms with Gasteiger partial charge in [0.05, 0.1) is 17.1 Å². The molecule has 0 amide bonds. The second kappa shape index (κ2) is 4.96. The lowest BCUT2D eigenvalue weighted by atomic mass is 10.2. The fourth-order valence-electron chi connectivity index (χ4n) is 2.16. The normalized spacial score (nSPS) is 11.2. The monoisotopic (exact) mass is 311 g/mol. The Kier molecular flexibility index (Phi) is 3.25. The zero-order valence-electron chi connectivity index (χ0n) is 10.6. The summed E-state index contributed by atoms with van der Waals surface area (Å²) >= 11 is 5.70. The molecule has 0 aliphatic heterocycles. The van der Waals surface area contributed by atoms with Crippen LogP contribution in [0.5, 0.6) is 0 Å². The van der Waals surface area contributed by atoms with Crippen molar-refractivity contribution >= 4 is 28.6 Å². The number of hydrogen-bond acceptors (Lipinski definition) is 2. The Balaban J connectivity index is 2.13. The molecule has 2 aromatic carbocycles. The first-order valence-corrected chi connectivity index (χ1v) is 6.39. The maximum Gasteiger partial charge on any atom is 0.201 e. The number of hydrogen-bond donors (Lipinski definition) is 1. The van der Waals surface area contributed by atoms with Crippen LogP contribution in [0.4, 0.5) is 19.1 Å². The van der Waals surface area contributed by atoms with Gasteiger partial charge < -0.3 is 10.3 Å². The van der Waals surface area contributed by atoms with Crippen molar-refractivity contribution in [3.05, 3.63) is 58.4 Å². The number of fused-ring (bicyclic) bond motifs is 1. The Hall–Kier alpha value is -2.21. The van der Waals surface area contributed by atoms with Crippen LogP contribution >= 0.6 is 11.6 Å². The highest BCUT2D eigenvalue weighted by atomic mass is 35.5. The van der Waals surface area contributed by atoms with Crippen molar-refractivity contribution in [1.29, 1.82) is 0 Å². The third-order valence-corrected chi connectivity index (χ3v) is 3.44. The molecule has 0 radical (unpaired) electrons. The average Bonchev–Trinajstić information content (AvgIpc) is 2.76. The maximum atomic E-state index is 13.9. The highest BCUT2D eigenvalue weighted by molar-refractivity contribution is 6.30. The van der Waals surface area contributed by atoms with Crippen LogP contribution in [0.15, 0.2) is 30.3 Å². The van der Waals surface area contributed by atoms with Gasteiger partial charge in [0.25, 0.3) is 0 Å². The zero-order chi connectivity index (χ0) is 15.1. The van der Waals surface area contributed by atoms with E-state index in [1.165, 1.54) is 28.8 Å². The van der Waals surface area contributed by atoms with E-state index in [0.29, 0.717) is 5.56 Å². The third-order valence-electron chi connectivity index (χ3n) is 3.15. The smallest absolute Gasteiger partial charge is 0.201 e. The summed E-state index contributed by atoms with van der Waals surface area (Å²) in [5.41, 5.74) is 6.55. The SMILES string of the molecule is Nc1nc2ccc(F)c(F)c2n1Cc1ccc(F)c(Cl)c1. The summed E-state index contributed by atoms with van der Waals surface area (Å²) in [7, 11) is 0. The molecule has 7 heteroatoms. The van der Waals surface area contributed by atoms with Crippen molar-refractivity contribution in [2.24, 2.45) is 0 Å². The Morgan fingerprint density at radius 2 is 1.81 bits per heavy atom. The second-order valence-electron chi connectivity index (χ2n) is 4.53.